The molecule has 1 atom stereocenters. The Labute approximate surface area is 128 Å². The van der Waals surface area contributed by atoms with Gasteiger partial charge in [0.25, 0.3) is 0 Å². The molecule has 1 aliphatic heterocycles. The van der Waals surface area contributed by atoms with Crippen LogP contribution in [0, 0.1) is 6.92 Å². The molecule has 4 nitrogen and oxygen atoms in total. The SMILES string of the molecule is C=CCn1cc(CN(CC)C2CCOC(C)(C)C2)c(C)n1. The number of allylic oxidation sites excluding steroid dienone is 1. The van der Waals surface area contributed by atoms with Gasteiger partial charge in [-0.15, -0.1) is 6.58 Å². The fourth-order valence-electron chi connectivity index (χ4n) is 3.17. The van der Waals surface area contributed by atoms with Gasteiger partial charge in [-0.05, 0) is 40.2 Å². The molecule has 0 aliphatic carbocycles. The molecule has 0 saturated carbocycles. The number of aromatic nitrogens is 2. The fraction of sp³-hybridized carbons (Fsp3) is 0.706. The van der Waals surface area contributed by atoms with E-state index in [-0.39, 0.29) is 5.60 Å². The molecule has 0 amide bonds. The molecular formula is C17H29N3O. The van der Waals surface area contributed by atoms with Gasteiger partial charge in [-0.1, -0.05) is 13.0 Å². The number of ether oxygens (including phenoxy) is 1. The Kier molecular flexibility index (Phi) is 5.22. The van der Waals surface area contributed by atoms with Gasteiger partial charge in [-0.3, -0.25) is 9.58 Å². The summed E-state index contributed by atoms with van der Waals surface area (Å²) in [5.74, 6) is 0. The molecule has 1 unspecified atom stereocenters. The monoisotopic (exact) mass is 291 g/mol. The van der Waals surface area contributed by atoms with Gasteiger partial charge in [-0.25, -0.2) is 0 Å². The standard InChI is InChI=1S/C17H29N3O/c1-6-9-20-13-15(14(3)18-20)12-19(7-2)16-8-10-21-17(4,5)11-16/h6,13,16H,1,7-12H2,2-5H3. The summed E-state index contributed by atoms with van der Waals surface area (Å²) in [4.78, 5) is 2.56. The fourth-order valence-corrected chi connectivity index (χ4v) is 3.17. The molecule has 1 aromatic heterocycles. The number of hydrogen-bond acceptors (Lipinski definition) is 3. The second-order valence-corrected chi connectivity index (χ2v) is 6.57. The second kappa shape index (κ2) is 6.75. The van der Waals surface area contributed by atoms with Gasteiger partial charge in [0, 0.05) is 31.0 Å². The number of nitrogens with zero attached hydrogens (tertiary/aromatic N) is 3. The Balaban J connectivity index is 2.06. The lowest BCUT2D eigenvalue weighted by molar-refractivity contribution is -0.0838. The van der Waals surface area contributed by atoms with E-state index in [1.54, 1.807) is 0 Å². The van der Waals surface area contributed by atoms with Crippen molar-refractivity contribution in [3.05, 3.63) is 30.1 Å². The summed E-state index contributed by atoms with van der Waals surface area (Å²) in [6.07, 6.45) is 6.26. The van der Waals surface area contributed by atoms with E-state index < -0.39 is 0 Å². The third kappa shape index (κ3) is 4.17. The Morgan fingerprint density at radius 3 is 2.95 bits per heavy atom. The predicted molar refractivity (Wildman–Crippen MR) is 86.3 cm³/mol. The van der Waals surface area contributed by atoms with E-state index in [1.807, 2.05) is 10.8 Å². The van der Waals surface area contributed by atoms with Crippen LogP contribution in [-0.2, 0) is 17.8 Å². The first kappa shape index (κ1) is 16.2. The third-order valence-corrected chi connectivity index (χ3v) is 4.33. The van der Waals surface area contributed by atoms with E-state index in [1.165, 1.54) is 5.56 Å². The summed E-state index contributed by atoms with van der Waals surface area (Å²) in [5, 5.41) is 4.56. The van der Waals surface area contributed by atoms with Crippen LogP contribution in [0.3, 0.4) is 0 Å². The first-order valence-electron chi connectivity index (χ1n) is 7.97. The third-order valence-electron chi connectivity index (χ3n) is 4.33. The Bertz CT molecular complexity index is 478. The molecule has 1 aromatic rings. The van der Waals surface area contributed by atoms with Crippen molar-refractivity contribution in [3.63, 3.8) is 0 Å². The molecule has 0 bridgehead atoms. The molecule has 0 radical (unpaired) electrons. The summed E-state index contributed by atoms with van der Waals surface area (Å²) < 4.78 is 7.82. The smallest absolute Gasteiger partial charge is 0.0641 e. The van der Waals surface area contributed by atoms with Crippen molar-refractivity contribution in [2.75, 3.05) is 13.2 Å². The molecule has 1 aliphatic rings. The van der Waals surface area contributed by atoms with Crippen molar-refractivity contribution in [1.82, 2.24) is 14.7 Å². The van der Waals surface area contributed by atoms with E-state index in [0.717, 1.165) is 44.8 Å². The first-order valence-corrected chi connectivity index (χ1v) is 7.97. The minimum atomic E-state index is -0.00158. The molecular weight excluding hydrogens is 262 g/mol. The van der Waals surface area contributed by atoms with Crippen molar-refractivity contribution in [3.8, 4) is 0 Å². The highest BCUT2D eigenvalue weighted by Gasteiger charge is 2.32. The molecule has 118 valence electrons. The van der Waals surface area contributed by atoms with Gasteiger partial charge in [0.15, 0.2) is 0 Å². The van der Waals surface area contributed by atoms with Crippen molar-refractivity contribution in [2.45, 2.75) is 65.3 Å². The summed E-state index contributed by atoms with van der Waals surface area (Å²) in [7, 11) is 0. The quantitative estimate of drug-likeness (QED) is 0.754. The van der Waals surface area contributed by atoms with Crippen LogP contribution >= 0.6 is 0 Å². The predicted octanol–water partition coefficient (Wildman–Crippen LogP) is 3.16. The first-order chi connectivity index (χ1) is 9.95. The molecule has 0 N–H and O–H groups in total. The summed E-state index contributed by atoms with van der Waals surface area (Å²) in [6, 6.07) is 0.598. The number of rotatable bonds is 6. The van der Waals surface area contributed by atoms with Crippen molar-refractivity contribution < 1.29 is 4.74 Å². The van der Waals surface area contributed by atoms with E-state index in [9.17, 15) is 0 Å². The lowest BCUT2D eigenvalue weighted by Gasteiger charge is -2.41. The van der Waals surface area contributed by atoms with Gasteiger partial charge in [0.05, 0.1) is 17.8 Å². The van der Waals surface area contributed by atoms with E-state index in [0.29, 0.717) is 6.04 Å². The van der Waals surface area contributed by atoms with Crippen LogP contribution in [0.25, 0.3) is 0 Å². The van der Waals surface area contributed by atoms with Crippen LogP contribution in [0.4, 0.5) is 0 Å². The highest BCUT2D eigenvalue weighted by atomic mass is 16.5. The summed E-state index contributed by atoms with van der Waals surface area (Å²) in [6.45, 7) is 16.2. The van der Waals surface area contributed by atoms with Crippen LogP contribution in [-0.4, -0.2) is 39.5 Å². The van der Waals surface area contributed by atoms with Gasteiger partial charge >= 0.3 is 0 Å². The van der Waals surface area contributed by atoms with E-state index in [4.69, 9.17) is 4.74 Å². The van der Waals surface area contributed by atoms with Gasteiger partial charge in [0.2, 0.25) is 0 Å². The molecule has 2 heterocycles. The van der Waals surface area contributed by atoms with Crippen molar-refractivity contribution in [1.29, 1.82) is 0 Å². The molecule has 2 rings (SSSR count). The molecule has 0 aromatic carbocycles. The summed E-state index contributed by atoms with van der Waals surface area (Å²) in [5.41, 5.74) is 2.45. The normalized spacial score (nSPS) is 21.7. The number of aryl methyl sites for hydroxylation is 1. The Morgan fingerprint density at radius 1 is 1.57 bits per heavy atom. The molecule has 0 spiro atoms. The van der Waals surface area contributed by atoms with Gasteiger partial charge < -0.3 is 4.74 Å². The zero-order valence-electron chi connectivity index (χ0n) is 13.9. The van der Waals surface area contributed by atoms with Crippen LogP contribution in [0.15, 0.2) is 18.9 Å². The largest absolute Gasteiger partial charge is 0.375 e. The second-order valence-electron chi connectivity index (χ2n) is 6.57. The zero-order chi connectivity index (χ0) is 15.5. The average molecular weight is 291 g/mol. The van der Waals surface area contributed by atoms with Crippen molar-refractivity contribution >= 4 is 0 Å². The molecule has 1 fully saturated rings. The Morgan fingerprint density at radius 2 is 2.33 bits per heavy atom. The molecule has 21 heavy (non-hydrogen) atoms. The highest BCUT2D eigenvalue weighted by molar-refractivity contribution is 5.15. The van der Waals surface area contributed by atoms with Crippen LogP contribution < -0.4 is 0 Å². The summed E-state index contributed by atoms with van der Waals surface area (Å²) >= 11 is 0. The van der Waals surface area contributed by atoms with Gasteiger partial charge in [-0.2, -0.15) is 5.10 Å². The highest BCUT2D eigenvalue weighted by Crippen LogP contribution is 2.28. The molecule has 4 heteroatoms. The van der Waals surface area contributed by atoms with E-state index >= 15 is 0 Å². The maximum atomic E-state index is 5.85. The van der Waals surface area contributed by atoms with E-state index in [2.05, 4.69) is 50.5 Å². The average Bonchev–Trinajstić information content (AvgIpc) is 2.75. The topological polar surface area (TPSA) is 30.3 Å². The minimum Gasteiger partial charge on any atom is -0.375 e. The number of hydrogen-bond donors (Lipinski definition) is 0. The van der Waals surface area contributed by atoms with Crippen LogP contribution in [0.5, 0.6) is 0 Å². The molecule has 1 saturated heterocycles. The maximum Gasteiger partial charge on any atom is 0.0641 e. The van der Waals surface area contributed by atoms with Gasteiger partial charge in [0.1, 0.15) is 0 Å². The zero-order valence-corrected chi connectivity index (χ0v) is 13.9. The maximum absolute atomic E-state index is 5.85. The van der Waals surface area contributed by atoms with Crippen LogP contribution in [0.1, 0.15) is 44.9 Å². The minimum absolute atomic E-state index is 0.00158. The van der Waals surface area contributed by atoms with Crippen LogP contribution in [0.2, 0.25) is 0 Å². The lowest BCUT2D eigenvalue weighted by Crippen LogP contribution is -2.45. The Hall–Kier alpha value is -1.13. The van der Waals surface area contributed by atoms with Crippen molar-refractivity contribution in [2.24, 2.45) is 0 Å². The lowest BCUT2D eigenvalue weighted by atomic mass is 9.92.